The van der Waals surface area contributed by atoms with E-state index in [0.717, 1.165) is 12.0 Å². The molecule has 0 radical (unpaired) electrons. The lowest BCUT2D eigenvalue weighted by Crippen LogP contribution is -2.43. The molecule has 154 valence electrons. The van der Waals surface area contributed by atoms with Gasteiger partial charge in [-0.2, -0.15) is 0 Å². The summed E-state index contributed by atoms with van der Waals surface area (Å²) in [5, 5.41) is 2.87. The number of rotatable bonds is 11. The highest BCUT2D eigenvalue weighted by molar-refractivity contribution is 6.52. The van der Waals surface area contributed by atoms with Gasteiger partial charge in [-0.3, -0.25) is 14.6 Å². The number of hydrogen-bond acceptors (Lipinski definition) is 5. The van der Waals surface area contributed by atoms with Gasteiger partial charge in [0.25, 0.3) is 12.8 Å². The second-order valence-corrected chi connectivity index (χ2v) is 7.81. The lowest BCUT2D eigenvalue weighted by Gasteiger charge is -2.24. The maximum atomic E-state index is 13.2. The van der Waals surface area contributed by atoms with Crippen molar-refractivity contribution >= 4 is 18.6 Å². The Labute approximate surface area is 173 Å². The zero-order valence-corrected chi connectivity index (χ0v) is 17.7. The lowest BCUT2D eigenvalue weighted by molar-refractivity contribution is -0.121. The van der Waals surface area contributed by atoms with Gasteiger partial charge in [-0.15, -0.1) is 0 Å². The number of aromatic nitrogens is 2. The van der Waals surface area contributed by atoms with Crippen molar-refractivity contribution in [2.75, 3.05) is 7.11 Å². The number of Topliss-reactive ketones (excluding diaryl/α,β-unsaturated/α-hetero) is 1. The molecule has 0 aliphatic rings. The molecule has 1 heterocycles. The number of nitrogens with one attached hydrogen (secondary N) is 1. The number of carbonyl (C=O) groups is 2. The predicted octanol–water partition coefficient (Wildman–Crippen LogP) is 3.46. The third-order valence-electron chi connectivity index (χ3n) is 5.05. The molecule has 29 heavy (non-hydrogen) atoms. The average Bonchev–Trinajstić information content (AvgIpc) is 2.73. The van der Waals surface area contributed by atoms with Crippen LogP contribution in [0.5, 0.6) is 0 Å². The summed E-state index contributed by atoms with van der Waals surface area (Å²) in [5.41, 5.74) is 1.19. The van der Waals surface area contributed by atoms with Crippen molar-refractivity contribution < 1.29 is 14.2 Å². The van der Waals surface area contributed by atoms with Crippen LogP contribution in [0, 0.1) is 5.92 Å². The van der Waals surface area contributed by atoms with Crippen molar-refractivity contribution in [3.63, 3.8) is 0 Å². The SMILES string of the molecule is COB(C)[C@@H](CC(=O)[C@@H](Cc1ccccc1)NC(=O)c1cnccn1)CC(C)C. The standard InChI is InChI=1S/C22H30BN3O3/c1-16(2)12-18(23(3)29-4)14-21(27)19(13-17-8-6-5-7-9-17)26-22(28)20-15-24-10-11-25-20/h5-11,15-16,18-19H,12-14H2,1-4H3,(H,26,28)/t18-,19-/m1/s1. The minimum absolute atomic E-state index is 0.000596. The summed E-state index contributed by atoms with van der Waals surface area (Å²) in [5.74, 6) is 0.152. The van der Waals surface area contributed by atoms with Crippen LogP contribution in [0.3, 0.4) is 0 Å². The summed E-state index contributed by atoms with van der Waals surface area (Å²) in [7, 11) is 1.67. The molecule has 0 saturated carbocycles. The maximum absolute atomic E-state index is 13.2. The smallest absolute Gasteiger partial charge is 0.293 e. The Morgan fingerprint density at radius 1 is 1.17 bits per heavy atom. The fourth-order valence-corrected chi connectivity index (χ4v) is 3.38. The first-order chi connectivity index (χ1) is 13.9. The van der Waals surface area contributed by atoms with E-state index in [1.54, 1.807) is 7.11 Å². The molecule has 1 N–H and O–H groups in total. The fourth-order valence-electron chi connectivity index (χ4n) is 3.38. The molecule has 2 aromatic rings. The molecular weight excluding hydrogens is 365 g/mol. The first-order valence-corrected chi connectivity index (χ1v) is 10.1. The van der Waals surface area contributed by atoms with E-state index < -0.39 is 11.9 Å². The zero-order chi connectivity index (χ0) is 21.2. The monoisotopic (exact) mass is 395 g/mol. The quantitative estimate of drug-likeness (QED) is 0.590. The Morgan fingerprint density at radius 3 is 2.48 bits per heavy atom. The lowest BCUT2D eigenvalue weighted by atomic mass is 9.54. The van der Waals surface area contributed by atoms with E-state index in [-0.39, 0.29) is 24.2 Å². The number of carbonyl (C=O) groups excluding carboxylic acids is 2. The summed E-state index contributed by atoms with van der Waals surface area (Å²) in [6.45, 7) is 6.23. The molecule has 1 aromatic heterocycles. The van der Waals surface area contributed by atoms with Crippen LogP contribution in [0.4, 0.5) is 0 Å². The normalized spacial score (nSPS) is 13.0. The molecule has 7 heteroatoms. The van der Waals surface area contributed by atoms with Gasteiger partial charge in [0, 0.05) is 25.9 Å². The van der Waals surface area contributed by atoms with Crippen LogP contribution in [-0.2, 0) is 15.9 Å². The Bertz CT molecular complexity index is 771. The van der Waals surface area contributed by atoms with Crippen molar-refractivity contribution in [2.45, 2.75) is 51.8 Å². The largest absolute Gasteiger partial charge is 0.438 e. The number of benzene rings is 1. The first kappa shape index (κ1) is 22.8. The molecule has 0 aliphatic heterocycles. The summed E-state index contributed by atoms with van der Waals surface area (Å²) in [6.07, 6.45) is 6.03. The van der Waals surface area contributed by atoms with Crippen molar-refractivity contribution in [2.24, 2.45) is 5.92 Å². The second kappa shape index (κ2) is 11.5. The second-order valence-electron chi connectivity index (χ2n) is 7.81. The average molecular weight is 395 g/mol. The summed E-state index contributed by atoms with van der Waals surface area (Å²) in [6, 6.07) is 9.06. The summed E-state index contributed by atoms with van der Waals surface area (Å²) in [4.78, 5) is 33.8. The highest BCUT2D eigenvalue weighted by Gasteiger charge is 2.30. The van der Waals surface area contributed by atoms with Crippen molar-refractivity contribution in [1.29, 1.82) is 0 Å². The van der Waals surface area contributed by atoms with E-state index in [1.807, 2.05) is 37.2 Å². The van der Waals surface area contributed by atoms with Gasteiger partial charge in [0.1, 0.15) is 5.69 Å². The maximum Gasteiger partial charge on any atom is 0.293 e. The Kier molecular flexibility index (Phi) is 8.99. The van der Waals surface area contributed by atoms with E-state index in [2.05, 4.69) is 29.1 Å². The molecule has 0 spiro atoms. The van der Waals surface area contributed by atoms with Gasteiger partial charge in [0.05, 0.1) is 12.2 Å². The van der Waals surface area contributed by atoms with E-state index in [0.29, 0.717) is 18.8 Å². The zero-order valence-electron chi connectivity index (χ0n) is 17.7. The minimum Gasteiger partial charge on any atom is -0.438 e. The van der Waals surface area contributed by atoms with Gasteiger partial charge in [0.2, 0.25) is 0 Å². The Hall–Kier alpha value is -2.54. The third kappa shape index (κ3) is 7.42. The van der Waals surface area contributed by atoms with Crippen molar-refractivity contribution in [1.82, 2.24) is 15.3 Å². The number of nitrogens with zero attached hydrogens (tertiary/aromatic N) is 2. The number of hydrogen-bond donors (Lipinski definition) is 1. The van der Waals surface area contributed by atoms with Gasteiger partial charge >= 0.3 is 0 Å². The van der Waals surface area contributed by atoms with Crippen LogP contribution in [0.25, 0.3) is 0 Å². The first-order valence-electron chi connectivity index (χ1n) is 10.1. The van der Waals surface area contributed by atoms with Crippen LogP contribution in [0.15, 0.2) is 48.9 Å². The molecular formula is C22H30BN3O3. The number of ketones is 1. The highest BCUT2D eigenvalue weighted by Crippen LogP contribution is 2.26. The number of amides is 1. The summed E-state index contributed by atoms with van der Waals surface area (Å²) >= 11 is 0. The van der Waals surface area contributed by atoms with Crippen molar-refractivity contribution in [3.05, 3.63) is 60.2 Å². The Balaban J connectivity index is 2.18. The molecule has 1 amide bonds. The molecule has 0 bridgehead atoms. The van der Waals surface area contributed by atoms with E-state index >= 15 is 0 Å². The minimum atomic E-state index is -0.634. The van der Waals surface area contributed by atoms with Crippen LogP contribution in [-0.4, -0.2) is 41.7 Å². The third-order valence-corrected chi connectivity index (χ3v) is 5.05. The molecule has 2 rings (SSSR count). The molecule has 0 saturated heterocycles. The molecule has 2 atom stereocenters. The van der Waals surface area contributed by atoms with E-state index in [4.69, 9.17) is 4.65 Å². The van der Waals surface area contributed by atoms with Crippen LogP contribution < -0.4 is 5.32 Å². The van der Waals surface area contributed by atoms with Gasteiger partial charge < -0.3 is 9.97 Å². The fraction of sp³-hybridized carbons (Fsp3) is 0.455. The van der Waals surface area contributed by atoms with Crippen molar-refractivity contribution in [3.8, 4) is 0 Å². The van der Waals surface area contributed by atoms with Gasteiger partial charge in [-0.25, -0.2) is 4.98 Å². The van der Waals surface area contributed by atoms with E-state index in [1.165, 1.54) is 18.6 Å². The topological polar surface area (TPSA) is 81.2 Å². The predicted molar refractivity (Wildman–Crippen MR) is 115 cm³/mol. The molecule has 0 aliphatic carbocycles. The van der Waals surface area contributed by atoms with Crippen LogP contribution in [0.1, 0.15) is 42.7 Å². The molecule has 6 nitrogen and oxygen atoms in total. The highest BCUT2D eigenvalue weighted by atomic mass is 16.4. The van der Waals surface area contributed by atoms with Gasteiger partial charge in [0.15, 0.2) is 5.78 Å². The van der Waals surface area contributed by atoms with Gasteiger partial charge in [-0.05, 0) is 23.7 Å². The van der Waals surface area contributed by atoms with Crippen LogP contribution in [0.2, 0.25) is 12.6 Å². The summed E-state index contributed by atoms with van der Waals surface area (Å²) < 4.78 is 5.50. The van der Waals surface area contributed by atoms with Crippen LogP contribution >= 0.6 is 0 Å². The van der Waals surface area contributed by atoms with Gasteiger partial charge in [-0.1, -0.05) is 57.4 Å². The molecule has 1 aromatic carbocycles. The molecule has 0 fully saturated rings. The Morgan fingerprint density at radius 2 is 1.90 bits per heavy atom. The molecule has 0 unspecified atom stereocenters. The van der Waals surface area contributed by atoms with E-state index in [9.17, 15) is 9.59 Å².